The molecule has 2 atom stereocenters. The van der Waals surface area contributed by atoms with Gasteiger partial charge in [0.25, 0.3) is 5.91 Å². The lowest BCUT2D eigenvalue weighted by atomic mass is 9.92. The summed E-state index contributed by atoms with van der Waals surface area (Å²) in [6.07, 6.45) is 0.757. The van der Waals surface area contributed by atoms with Crippen molar-refractivity contribution in [3.8, 4) is 11.1 Å². The van der Waals surface area contributed by atoms with E-state index < -0.39 is 17.9 Å². The van der Waals surface area contributed by atoms with Gasteiger partial charge in [-0.05, 0) is 48.4 Å². The van der Waals surface area contributed by atoms with Crippen LogP contribution in [0.15, 0.2) is 42.5 Å². The van der Waals surface area contributed by atoms with Gasteiger partial charge >= 0.3 is 0 Å². The number of rotatable bonds is 6. The first-order valence-electron chi connectivity index (χ1n) is 11.3. The molecule has 1 aliphatic heterocycles. The van der Waals surface area contributed by atoms with Gasteiger partial charge < -0.3 is 11.1 Å². The Morgan fingerprint density at radius 1 is 1.03 bits per heavy atom. The highest BCUT2D eigenvalue weighted by molar-refractivity contribution is 6.22. The first-order chi connectivity index (χ1) is 15.1. The highest BCUT2D eigenvalue weighted by atomic mass is 16.2. The van der Waals surface area contributed by atoms with Crippen LogP contribution in [-0.4, -0.2) is 23.8 Å². The molecule has 6 heteroatoms. The van der Waals surface area contributed by atoms with E-state index >= 15 is 0 Å². The summed E-state index contributed by atoms with van der Waals surface area (Å²) >= 11 is 0. The number of nitrogens with zero attached hydrogens (tertiary/aromatic N) is 1. The molecule has 2 aromatic rings. The van der Waals surface area contributed by atoms with E-state index in [1.165, 1.54) is 4.90 Å². The molecule has 0 saturated carbocycles. The van der Waals surface area contributed by atoms with E-state index in [2.05, 4.69) is 5.32 Å². The van der Waals surface area contributed by atoms with Crippen LogP contribution in [0.3, 0.4) is 0 Å². The van der Waals surface area contributed by atoms with Crippen LogP contribution in [0.4, 0.5) is 11.4 Å². The molecule has 0 fully saturated rings. The molecule has 1 aliphatic rings. The van der Waals surface area contributed by atoms with Crippen LogP contribution in [0.25, 0.3) is 11.1 Å². The Morgan fingerprint density at radius 3 is 2.38 bits per heavy atom. The summed E-state index contributed by atoms with van der Waals surface area (Å²) in [6, 6.07) is 12.1. The maximum Gasteiger partial charge on any atom is 0.256 e. The molecule has 0 aliphatic carbocycles. The molecule has 0 aromatic heterocycles. The third-order valence-electron chi connectivity index (χ3n) is 5.76. The third-order valence-corrected chi connectivity index (χ3v) is 5.76. The maximum atomic E-state index is 13.8. The summed E-state index contributed by atoms with van der Waals surface area (Å²) in [4.78, 5) is 41.2. The summed E-state index contributed by atoms with van der Waals surface area (Å²) in [5.74, 6) is -1.15. The monoisotopic (exact) mass is 435 g/mol. The SMILES string of the molecule is CC(C)CC(=O)N[C@@H](CC(C)C)C(=O)N1C(=O)C(C)c2ccccc2-c2c(N)cccc21. The smallest absolute Gasteiger partial charge is 0.256 e. The summed E-state index contributed by atoms with van der Waals surface area (Å²) in [5, 5.41) is 2.89. The average Bonchev–Trinajstić information content (AvgIpc) is 2.80. The molecule has 2 aromatic carbocycles. The number of imide groups is 1. The minimum Gasteiger partial charge on any atom is -0.398 e. The predicted molar refractivity (Wildman–Crippen MR) is 128 cm³/mol. The summed E-state index contributed by atoms with van der Waals surface area (Å²) in [6.45, 7) is 9.69. The molecule has 6 nitrogen and oxygen atoms in total. The number of hydrogen-bond donors (Lipinski definition) is 2. The molecule has 3 N–H and O–H groups in total. The van der Waals surface area contributed by atoms with E-state index in [4.69, 9.17) is 5.73 Å². The van der Waals surface area contributed by atoms with E-state index in [0.717, 1.165) is 11.1 Å². The molecular formula is C26H33N3O3. The normalized spacial score (nSPS) is 16.4. The fourth-order valence-electron chi connectivity index (χ4n) is 4.29. The van der Waals surface area contributed by atoms with Crippen molar-refractivity contribution in [1.29, 1.82) is 0 Å². The van der Waals surface area contributed by atoms with Gasteiger partial charge in [0, 0.05) is 17.7 Å². The molecule has 32 heavy (non-hydrogen) atoms. The second kappa shape index (κ2) is 9.55. The van der Waals surface area contributed by atoms with E-state index in [0.29, 0.717) is 29.8 Å². The van der Waals surface area contributed by atoms with Crippen LogP contribution in [0.1, 0.15) is 58.9 Å². The van der Waals surface area contributed by atoms with E-state index in [9.17, 15) is 14.4 Å². The van der Waals surface area contributed by atoms with Gasteiger partial charge in [-0.25, -0.2) is 4.90 Å². The third kappa shape index (κ3) is 4.69. The fourth-order valence-corrected chi connectivity index (χ4v) is 4.29. The second-order valence-electron chi connectivity index (χ2n) is 9.41. The minimum absolute atomic E-state index is 0.153. The van der Waals surface area contributed by atoms with Crippen LogP contribution in [-0.2, 0) is 14.4 Å². The van der Waals surface area contributed by atoms with Gasteiger partial charge in [-0.3, -0.25) is 14.4 Å². The fraction of sp³-hybridized carbons (Fsp3) is 0.423. The number of nitrogens with one attached hydrogen (secondary N) is 1. The first kappa shape index (κ1) is 23.5. The number of nitrogens with two attached hydrogens (primary N) is 1. The average molecular weight is 436 g/mol. The lowest BCUT2D eigenvalue weighted by molar-refractivity contribution is -0.132. The molecule has 3 amide bonds. The molecule has 170 valence electrons. The second-order valence-corrected chi connectivity index (χ2v) is 9.41. The van der Waals surface area contributed by atoms with E-state index in [1.807, 2.05) is 52.0 Å². The Bertz CT molecular complexity index is 1030. The summed E-state index contributed by atoms with van der Waals surface area (Å²) in [5.41, 5.74) is 9.66. The van der Waals surface area contributed by atoms with Crippen molar-refractivity contribution in [2.75, 3.05) is 10.6 Å². The number of anilines is 2. The number of nitrogen functional groups attached to an aromatic ring is 1. The van der Waals surface area contributed by atoms with Crippen LogP contribution in [0.5, 0.6) is 0 Å². The maximum absolute atomic E-state index is 13.8. The number of amides is 3. The van der Waals surface area contributed by atoms with Gasteiger partial charge in [0.1, 0.15) is 6.04 Å². The van der Waals surface area contributed by atoms with Crippen LogP contribution < -0.4 is 16.0 Å². The molecule has 0 saturated heterocycles. The van der Waals surface area contributed by atoms with Crippen molar-refractivity contribution in [1.82, 2.24) is 5.32 Å². The van der Waals surface area contributed by atoms with E-state index in [-0.39, 0.29) is 23.7 Å². The van der Waals surface area contributed by atoms with Gasteiger partial charge in [-0.1, -0.05) is 58.0 Å². The Labute approximate surface area is 190 Å². The van der Waals surface area contributed by atoms with Crippen molar-refractivity contribution in [3.05, 3.63) is 48.0 Å². The van der Waals surface area contributed by atoms with Gasteiger partial charge in [0.2, 0.25) is 11.8 Å². The highest BCUT2D eigenvalue weighted by Gasteiger charge is 2.39. The van der Waals surface area contributed by atoms with Gasteiger partial charge in [0.15, 0.2) is 0 Å². The largest absolute Gasteiger partial charge is 0.398 e. The van der Waals surface area contributed by atoms with Crippen molar-refractivity contribution < 1.29 is 14.4 Å². The molecule has 3 rings (SSSR count). The Hall–Kier alpha value is -3.15. The van der Waals surface area contributed by atoms with Crippen molar-refractivity contribution in [3.63, 3.8) is 0 Å². The lowest BCUT2D eigenvalue weighted by Gasteiger charge is -2.29. The standard InChI is InChI=1S/C26H33N3O3/c1-15(2)13-21(28-23(30)14-16(3)4)26(32)29-22-12-8-11-20(27)24(22)19-10-7-6-9-18(19)17(5)25(29)31/h6-12,15-17,21H,13-14,27H2,1-5H3,(H,28,30)/t17?,21-/m0/s1. The molecule has 0 radical (unpaired) electrons. The number of carbonyl (C=O) groups is 3. The zero-order valence-electron chi connectivity index (χ0n) is 19.5. The van der Waals surface area contributed by atoms with E-state index in [1.54, 1.807) is 25.1 Å². The van der Waals surface area contributed by atoms with Gasteiger partial charge in [0.05, 0.1) is 11.6 Å². The molecule has 1 unspecified atom stereocenters. The number of benzene rings is 2. The summed E-state index contributed by atoms with van der Waals surface area (Å²) < 4.78 is 0. The zero-order valence-corrected chi connectivity index (χ0v) is 19.5. The predicted octanol–water partition coefficient (Wildman–Crippen LogP) is 4.49. The van der Waals surface area contributed by atoms with Crippen molar-refractivity contribution in [2.24, 2.45) is 11.8 Å². The Kier molecular flexibility index (Phi) is 7.02. The van der Waals surface area contributed by atoms with Crippen LogP contribution in [0.2, 0.25) is 0 Å². The van der Waals surface area contributed by atoms with Gasteiger partial charge in [-0.2, -0.15) is 0 Å². The zero-order chi connectivity index (χ0) is 23.6. The molecule has 0 spiro atoms. The number of fused-ring (bicyclic) bond motifs is 3. The number of hydrogen-bond acceptors (Lipinski definition) is 4. The highest BCUT2D eigenvalue weighted by Crippen LogP contribution is 2.44. The minimum atomic E-state index is -0.798. The van der Waals surface area contributed by atoms with Crippen molar-refractivity contribution in [2.45, 2.75) is 59.4 Å². The number of carbonyl (C=O) groups excluding carboxylic acids is 3. The Morgan fingerprint density at radius 2 is 1.72 bits per heavy atom. The first-order valence-corrected chi connectivity index (χ1v) is 11.3. The van der Waals surface area contributed by atoms with Crippen LogP contribution in [0, 0.1) is 11.8 Å². The van der Waals surface area contributed by atoms with Crippen molar-refractivity contribution >= 4 is 29.1 Å². The summed E-state index contributed by atoms with van der Waals surface area (Å²) in [7, 11) is 0. The Balaban J connectivity index is 2.11. The quantitative estimate of drug-likeness (QED) is 0.654. The van der Waals surface area contributed by atoms with Gasteiger partial charge in [-0.15, -0.1) is 0 Å². The molecule has 1 heterocycles. The molecule has 0 bridgehead atoms. The van der Waals surface area contributed by atoms with Crippen LogP contribution >= 0.6 is 0 Å². The lowest BCUT2D eigenvalue weighted by Crippen LogP contribution is -2.52. The topological polar surface area (TPSA) is 92.5 Å². The molecular weight excluding hydrogens is 402 g/mol.